The summed E-state index contributed by atoms with van der Waals surface area (Å²) in [5.74, 6) is 0.613. The summed E-state index contributed by atoms with van der Waals surface area (Å²) in [6.45, 7) is 5.77. The Kier molecular flexibility index (Phi) is 4.13. The first kappa shape index (κ1) is 15.5. The van der Waals surface area contributed by atoms with Gasteiger partial charge in [-0.15, -0.1) is 4.99 Å². The number of nitrogens with zero attached hydrogens (tertiary/aromatic N) is 3. The van der Waals surface area contributed by atoms with Crippen LogP contribution in [0.15, 0.2) is 29.3 Å². The SMILES string of the molecule is CCOC(=NC#N)C1=CC(C)(C)Oc2ccc([N+](=O)[O-])cc21. The minimum absolute atomic E-state index is 0.0687. The van der Waals surface area contributed by atoms with Gasteiger partial charge < -0.3 is 9.47 Å². The van der Waals surface area contributed by atoms with E-state index in [2.05, 4.69) is 4.99 Å². The highest BCUT2D eigenvalue weighted by atomic mass is 16.6. The molecule has 1 aliphatic rings. The van der Waals surface area contributed by atoms with Crippen LogP contribution < -0.4 is 4.74 Å². The summed E-state index contributed by atoms with van der Waals surface area (Å²) in [6.07, 6.45) is 3.43. The van der Waals surface area contributed by atoms with Gasteiger partial charge in [0.2, 0.25) is 12.1 Å². The Bertz CT molecular complexity index is 714. The Morgan fingerprint density at radius 3 is 2.86 bits per heavy atom. The Morgan fingerprint density at radius 1 is 1.55 bits per heavy atom. The molecule has 0 saturated heterocycles. The molecule has 0 aliphatic carbocycles. The summed E-state index contributed by atoms with van der Waals surface area (Å²) in [5.41, 5.74) is 0.279. The molecule has 7 nitrogen and oxygen atoms in total. The number of non-ortho nitro benzene ring substituents is 1. The molecule has 114 valence electrons. The molecular weight excluding hydrogens is 286 g/mol. The van der Waals surface area contributed by atoms with Crippen LogP contribution >= 0.6 is 0 Å². The van der Waals surface area contributed by atoms with Gasteiger partial charge in [-0.05, 0) is 32.9 Å². The van der Waals surface area contributed by atoms with Crippen LogP contribution in [0.5, 0.6) is 5.75 Å². The molecule has 0 aromatic heterocycles. The van der Waals surface area contributed by atoms with Crippen molar-refractivity contribution in [1.82, 2.24) is 0 Å². The van der Waals surface area contributed by atoms with Crippen LogP contribution in [0.25, 0.3) is 5.57 Å². The largest absolute Gasteiger partial charge is 0.483 e. The van der Waals surface area contributed by atoms with E-state index in [1.165, 1.54) is 18.2 Å². The molecule has 7 heteroatoms. The van der Waals surface area contributed by atoms with Crippen molar-refractivity contribution in [2.24, 2.45) is 4.99 Å². The Hall–Kier alpha value is -2.88. The number of aliphatic imine (C=N–C) groups is 1. The lowest BCUT2D eigenvalue weighted by molar-refractivity contribution is -0.384. The maximum absolute atomic E-state index is 11.0. The molecular formula is C15H15N3O4. The first-order valence-corrected chi connectivity index (χ1v) is 6.68. The van der Waals surface area contributed by atoms with Crippen LogP contribution in [0.1, 0.15) is 26.3 Å². The molecule has 0 unspecified atom stereocenters. The van der Waals surface area contributed by atoms with E-state index in [0.29, 0.717) is 23.5 Å². The number of hydrogen-bond acceptors (Lipinski definition) is 6. The topological polar surface area (TPSA) is 97.8 Å². The molecule has 0 bridgehead atoms. The van der Waals surface area contributed by atoms with Crippen molar-refractivity contribution in [2.75, 3.05) is 6.61 Å². The standard InChI is InChI=1S/C15H15N3O4/c1-4-21-14(17-9-16)12-8-15(2,3)22-13-6-5-10(18(19)20)7-11(12)13/h5-8H,4H2,1-3H3. The number of fused-ring (bicyclic) bond motifs is 1. The molecule has 22 heavy (non-hydrogen) atoms. The van der Waals surface area contributed by atoms with Crippen LogP contribution in [0, 0.1) is 21.6 Å². The van der Waals surface area contributed by atoms with Crippen molar-refractivity contribution >= 4 is 17.2 Å². The van der Waals surface area contributed by atoms with E-state index in [1.807, 2.05) is 13.8 Å². The second-order valence-electron chi connectivity index (χ2n) is 5.15. The van der Waals surface area contributed by atoms with E-state index < -0.39 is 10.5 Å². The van der Waals surface area contributed by atoms with Gasteiger partial charge in [-0.1, -0.05) is 0 Å². The van der Waals surface area contributed by atoms with Gasteiger partial charge in [-0.25, -0.2) is 0 Å². The zero-order valence-electron chi connectivity index (χ0n) is 12.5. The van der Waals surface area contributed by atoms with E-state index in [4.69, 9.17) is 14.7 Å². The van der Waals surface area contributed by atoms with Crippen LogP contribution in [0.4, 0.5) is 5.69 Å². The molecule has 0 N–H and O–H groups in total. The minimum Gasteiger partial charge on any atom is -0.483 e. The molecule has 0 saturated carbocycles. The number of nitro groups is 1. The molecule has 1 aromatic rings. The van der Waals surface area contributed by atoms with Crippen molar-refractivity contribution in [3.63, 3.8) is 0 Å². The zero-order chi connectivity index (χ0) is 16.3. The fourth-order valence-electron chi connectivity index (χ4n) is 2.20. The van der Waals surface area contributed by atoms with Crippen LogP contribution in [-0.2, 0) is 4.74 Å². The average molecular weight is 301 g/mol. The second kappa shape index (κ2) is 5.85. The summed E-state index contributed by atoms with van der Waals surface area (Å²) in [6, 6.07) is 4.31. The predicted octanol–water partition coefficient (Wildman–Crippen LogP) is 3.07. The van der Waals surface area contributed by atoms with Gasteiger partial charge in [-0.3, -0.25) is 10.1 Å². The highest BCUT2D eigenvalue weighted by Crippen LogP contribution is 2.38. The van der Waals surface area contributed by atoms with E-state index >= 15 is 0 Å². The van der Waals surface area contributed by atoms with Gasteiger partial charge in [0.15, 0.2) is 0 Å². The Labute approximate surface area is 127 Å². The molecule has 1 heterocycles. The number of benzene rings is 1. The van der Waals surface area contributed by atoms with E-state index in [1.54, 1.807) is 19.2 Å². The number of hydrogen-bond donors (Lipinski definition) is 0. The average Bonchev–Trinajstić information content (AvgIpc) is 2.44. The lowest BCUT2D eigenvalue weighted by Crippen LogP contribution is -2.30. The monoisotopic (exact) mass is 301 g/mol. The van der Waals surface area contributed by atoms with Crippen LogP contribution in [0.2, 0.25) is 0 Å². The third kappa shape index (κ3) is 3.06. The van der Waals surface area contributed by atoms with Gasteiger partial charge in [0.25, 0.3) is 5.69 Å². The normalized spacial score (nSPS) is 15.9. The number of nitro benzene ring substituents is 1. The third-order valence-electron chi connectivity index (χ3n) is 2.99. The van der Waals surface area contributed by atoms with E-state index in [0.717, 1.165) is 0 Å². The highest BCUT2D eigenvalue weighted by Gasteiger charge is 2.31. The maximum atomic E-state index is 11.0. The third-order valence-corrected chi connectivity index (χ3v) is 2.99. The second-order valence-corrected chi connectivity index (χ2v) is 5.15. The summed E-state index contributed by atoms with van der Waals surface area (Å²) in [5, 5.41) is 19.8. The summed E-state index contributed by atoms with van der Waals surface area (Å²) in [4.78, 5) is 14.2. The fraction of sp³-hybridized carbons (Fsp3) is 0.333. The van der Waals surface area contributed by atoms with Crippen molar-refractivity contribution in [3.8, 4) is 11.9 Å². The van der Waals surface area contributed by atoms with Gasteiger partial charge >= 0.3 is 0 Å². The van der Waals surface area contributed by atoms with E-state index in [-0.39, 0.29) is 11.6 Å². The molecule has 0 radical (unpaired) electrons. The molecule has 1 aromatic carbocycles. The van der Waals surface area contributed by atoms with Crippen molar-refractivity contribution in [1.29, 1.82) is 5.26 Å². The molecule has 0 fully saturated rings. The number of rotatable bonds is 3. The molecule has 0 atom stereocenters. The fourth-order valence-corrected chi connectivity index (χ4v) is 2.20. The van der Waals surface area contributed by atoms with Crippen molar-refractivity contribution in [2.45, 2.75) is 26.4 Å². The van der Waals surface area contributed by atoms with Gasteiger partial charge in [-0.2, -0.15) is 5.26 Å². The van der Waals surface area contributed by atoms with Crippen LogP contribution in [0.3, 0.4) is 0 Å². The first-order valence-electron chi connectivity index (χ1n) is 6.68. The molecule has 0 spiro atoms. The van der Waals surface area contributed by atoms with Crippen molar-refractivity contribution in [3.05, 3.63) is 40.0 Å². The quantitative estimate of drug-likeness (QED) is 0.281. The minimum atomic E-state index is -0.647. The number of nitriles is 1. The van der Waals surface area contributed by atoms with Gasteiger partial charge in [0.1, 0.15) is 11.4 Å². The van der Waals surface area contributed by atoms with E-state index in [9.17, 15) is 10.1 Å². The molecule has 0 amide bonds. The lowest BCUT2D eigenvalue weighted by atomic mass is 9.94. The predicted molar refractivity (Wildman–Crippen MR) is 80.5 cm³/mol. The van der Waals surface area contributed by atoms with Gasteiger partial charge in [0.05, 0.1) is 11.5 Å². The summed E-state index contributed by atoms with van der Waals surface area (Å²) in [7, 11) is 0. The summed E-state index contributed by atoms with van der Waals surface area (Å²) < 4.78 is 11.2. The first-order chi connectivity index (χ1) is 10.4. The smallest absolute Gasteiger partial charge is 0.270 e. The highest BCUT2D eigenvalue weighted by molar-refractivity contribution is 6.21. The zero-order valence-corrected chi connectivity index (χ0v) is 12.5. The van der Waals surface area contributed by atoms with Gasteiger partial charge in [0, 0.05) is 23.3 Å². The maximum Gasteiger partial charge on any atom is 0.270 e. The Morgan fingerprint density at radius 2 is 2.27 bits per heavy atom. The lowest BCUT2D eigenvalue weighted by Gasteiger charge is -2.30. The summed E-state index contributed by atoms with van der Waals surface area (Å²) >= 11 is 0. The number of ether oxygens (including phenoxy) is 2. The Balaban J connectivity index is 2.64. The molecule has 1 aliphatic heterocycles. The van der Waals surface area contributed by atoms with Crippen LogP contribution in [-0.4, -0.2) is 23.0 Å². The van der Waals surface area contributed by atoms with Crippen molar-refractivity contribution < 1.29 is 14.4 Å². The molecule has 2 rings (SSSR count).